The Morgan fingerprint density at radius 2 is 2.35 bits per heavy atom. The van der Waals surface area contributed by atoms with Gasteiger partial charge in [0.05, 0.1) is 11.2 Å². The molecule has 0 radical (unpaired) electrons. The molecule has 1 fully saturated rings. The molecule has 3 rings (SSSR count). The van der Waals surface area contributed by atoms with Crippen LogP contribution in [0.3, 0.4) is 0 Å². The SMILES string of the molecule is Cl.Clc1cccc(C2CNCCN2Cc2cscn2)c1. The maximum atomic E-state index is 6.10. The predicted molar refractivity (Wildman–Crippen MR) is 86.8 cm³/mol. The molecular formula is C14H17Cl2N3S. The average Bonchev–Trinajstić information content (AvgIpc) is 2.92. The highest BCUT2D eigenvalue weighted by Gasteiger charge is 2.24. The zero-order chi connectivity index (χ0) is 13.1. The molecule has 6 heteroatoms. The Morgan fingerprint density at radius 3 is 3.10 bits per heavy atom. The summed E-state index contributed by atoms with van der Waals surface area (Å²) >= 11 is 7.76. The summed E-state index contributed by atoms with van der Waals surface area (Å²) in [6, 6.07) is 8.53. The first kappa shape index (κ1) is 15.7. The highest BCUT2D eigenvalue weighted by atomic mass is 35.5. The lowest BCUT2D eigenvalue weighted by Crippen LogP contribution is -2.45. The Balaban J connectivity index is 0.00000147. The zero-order valence-electron chi connectivity index (χ0n) is 11.0. The number of benzene rings is 1. The molecule has 1 aromatic heterocycles. The number of aromatic nitrogens is 1. The van der Waals surface area contributed by atoms with Gasteiger partial charge in [-0.2, -0.15) is 0 Å². The van der Waals surface area contributed by atoms with Crippen LogP contribution in [0.15, 0.2) is 35.2 Å². The molecule has 0 saturated carbocycles. The van der Waals surface area contributed by atoms with Crippen LogP contribution in [0, 0.1) is 0 Å². The summed E-state index contributed by atoms with van der Waals surface area (Å²) in [7, 11) is 0. The first-order valence-electron chi connectivity index (χ1n) is 6.40. The lowest BCUT2D eigenvalue weighted by molar-refractivity contribution is 0.152. The van der Waals surface area contributed by atoms with Crippen LogP contribution in [0.5, 0.6) is 0 Å². The van der Waals surface area contributed by atoms with Crippen LogP contribution < -0.4 is 5.32 Å². The van der Waals surface area contributed by atoms with E-state index in [2.05, 4.69) is 32.7 Å². The summed E-state index contributed by atoms with van der Waals surface area (Å²) in [6.45, 7) is 3.93. The van der Waals surface area contributed by atoms with E-state index in [9.17, 15) is 0 Å². The Kier molecular flexibility index (Phi) is 5.81. The van der Waals surface area contributed by atoms with Crippen molar-refractivity contribution >= 4 is 35.3 Å². The van der Waals surface area contributed by atoms with Crippen molar-refractivity contribution in [2.75, 3.05) is 19.6 Å². The number of hydrogen-bond acceptors (Lipinski definition) is 4. The molecule has 2 heterocycles. The number of nitrogens with zero attached hydrogens (tertiary/aromatic N) is 2. The highest BCUT2D eigenvalue weighted by Crippen LogP contribution is 2.26. The van der Waals surface area contributed by atoms with E-state index in [1.54, 1.807) is 11.3 Å². The van der Waals surface area contributed by atoms with E-state index in [1.165, 1.54) is 5.56 Å². The number of thiazole rings is 1. The summed E-state index contributed by atoms with van der Waals surface area (Å²) in [5.41, 5.74) is 4.32. The second kappa shape index (κ2) is 7.38. The van der Waals surface area contributed by atoms with Gasteiger partial charge in [-0.1, -0.05) is 23.7 Å². The molecule has 1 saturated heterocycles. The number of piperazine rings is 1. The zero-order valence-corrected chi connectivity index (χ0v) is 13.3. The highest BCUT2D eigenvalue weighted by molar-refractivity contribution is 7.07. The maximum Gasteiger partial charge on any atom is 0.0795 e. The molecule has 1 atom stereocenters. The van der Waals surface area contributed by atoms with Gasteiger partial charge in [0, 0.05) is 42.6 Å². The molecule has 0 amide bonds. The molecule has 1 unspecified atom stereocenters. The van der Waals surface area contributed by atoms with Gasteiger partial charge in [-0.15, -0.1) is 23.7 Å². The largest absolute Gasteiger partial charge is 0.314 e. The van der Waals surface area contributed by atoms with Crippen molar-refractivity contribution < 1.29 is 0 Å². The average molecular weight is 330 g/mol. The molecule has 0 aliphatic carbocycles. The lowest BCUT2D eigenvalue weighted by atomic mass is 10.0. The number of rotatable bonds is 3. The number of nitrogens with one attached hydrogen (secondary N) is 1. The molecule has 108 valence electrons. The van der Waals surface area contributed by atoms with Gasteiger partial charge in [-0.05, 0) is 17.7 Å². The lowest BCUT2D eigenvalue weighted by Gasteiger charge is -2.36. The third-order valence-electron chi connectivity index (χ3n) is 3.44. The molecule has 1 N–H and O–H groups in total. The fourth-order valence-electron chi connectivity index (χ4n) is 2.50. The van der Waals surface area contributed by atoms with Gasteiger partial charge in [0.2, 0.25) is 0 Å². The summed E-state index contributed by atoms with van der Waals surface area (Å²) in [4.78, 5) is 6.86. The Morgan fingerprint density at radius 1 is 1.45 bits per heavy atom. The molecule has 20 heavy (non-hydrogen) atoms. The van der Waals surface area contributed by atoms with Gasteiger partial charge >= 0.3 is 0 Å². The Labute approximate surface area is 134 Å². The van der Waals surface area contributed by atoms with Crippen LogP contribution in [-0.4, -0.2) is 29.5 Å². The minimum Gasteiger partial charge on any atom is -0.314 e. The van der Waals surface area contributed by atoms with Gasteiger partial charge in [-0.25, -0.2) is 4.98 Å². The van der Waals surface area contributed by atoms with Gasteiger partial charge in [0.25, 0.3) is 0 Å². The number of halogens is 2. The van der Waals surface area contributed by atoms with Crippen molar-refractivity contribution in [3.05, 3.63) is 51.4 Å². The smallest absolute Gasteiger partial charge is 0.0795 e. The fraction of sp³-hybridized carbons (Fsp3) is 0.357. The molecule has 0 bridgehead atoms. The van der Waals surface area contributed by atoms with Crippen molar-refractivity contribution in [2.24, 2.45) is 0 Å². The first-order valence-corrected chi connectivity index (χ1v) is 7.72. The van der Waals surface area contributed by atoms with Crippen molar-refractivity contribution in [3.63, 3.8) is 0 Å². The molecule has 1 aromatic carbocycles. The van der Waals surface area contributed by atoms with E-state index in [-0.39, 0.29) is 12.4 Å². The number of hydrogen-bond donors (Lipinski definition) is 1. The third-order valence-corrected chi connectivity index (χ3v) is 4.31. The van der Waals surface area contributed by atoms with Gasteiger partial charge in [0.15, 0.2) is 0 Å². The van der Waals surface area contributed by atoms with E-state index in [0.29, 0.717) is 6.04 Å². The monoisotopic (exact) mass is 329 g/mol. The standard InChI is InChI=1S/C14H16ClN3S.ClH/c15-12-3-1-2-11(6-12)14-7-16-4-5-18(14)8-13-9-19-10-17-13;/h1-3,6,9-10,14,16H,4-5,7-8H2;1H. The van der Waals surface area contributed by atoms with Crippen LogP contribution in [0.2, 0.25) is 5.02 Å². The van der Waals surface area contributed by atoms with Crippen LogP contribution in [0.1, 0.15) is 17.3 Å². The predicted octanol–water partition coefficient (Wildman–Crippen LogP) is 3.36. The van der Waals surface area contributed by atoms with E-state index < -0.39 is 0 Å². The van der Waals surface area contributed by atoms with Crippen LogP contribution >= 0.6 is 35.3 Å². The first-order chi connectivity index (χ1) is 9.33. The molecule has 2 aromatic rings. The van der Waals surface area contributed by atoms with E-state index >= 15 is 0 Å². The van der Waals surface area contributed by atoms with Gasteiger partial charge in [0.1, 0.15) is 0 Å². The van der Waals surface area contributed by atoms with Gasteiger partial charge in [-0.3, -0.25) is 4.90 Å². The second-order valence-electron chi connectivity index (χ2n) is 4.73. The van der Waals surface area contributed by atoms with Gasteiger partial charge < -0.3 is 5.32 Å². The van der Waals surface area contributed by atoms with Crippen molar-refractivity contribution in [2.45, 2.75) is 12.6 Å². The molecule has 0 spiro atoms. The molecular weight excluding hydrogens is 313 g/mol. The molecule has 1 aliphatic rings. The van der Waals surface area contributed by atoms with Crippen LogP contribution in [0.4, 0.5) is 0 Å². The Bertz CT molecular complexity index is 533. The summed E-state index contributed by atoms with van der Waals surface area (Å²) in [5.74, 6) is 0. The normalized spacial score (nSPS) is 19.6. The van der Waals surface area contributed by atoms with Crippen molar-refractivity contribution in [1.29, 1.82) is 0 Å². The topological polar surface area (TPSA) is 28.2 Å². The summed E-state index contributed by atoms with van der Waals surface area (Å²) in [6.07, 6.45) is 0. The quantitative estimate of drug-likeness (QED) is 0.935. The summed E-state index contributed by atoms with van der Waals surface area (Å²) < 4.78 is 0. The van der Waals surface area contributed by atoms with Crippen LogP contribution in [0.25, 0.3) is 0 Å². The van der Waals surface area contributed by atoms with Crippen LogP contribution in [-0.2, 0) is 6.54 Å². The fourth-order valence-corrected chi connectivity index (χ4v) is 3.25. The van der Waals surface area contributed by atoms with E-state index in [1.807, 2.05) is 17.6 Å². The van der Waals surface area contributed by atoms with Crippen molar-refractivity contribution in [1.82, 2.24) is 15.2 Å². The molecule has 3 nitrogen and oxygen atoms in total. The maximum absolute atomic E-state index is 6.10. The summed E-state index contributed by atoms with van der Waals surface area (Å²) in [5, 5.41) is 6.38. The molecule has 1 aliphatic heterocycles. The second-order valence-corrected chi connectivity index (χ2v) is 5.88. The minimum atomic E-state index is 0. The minimum absolute atomic E-state index is 0. The Hall–Kier alpha value is -0.650. The van der Waals surface area contributed by atoms with E-state index in [0.717, 1.165) is 36.9 Å². The van der Waals surface area contributed by atoms with E-state index in [4.69, 9.17) is 11.6 Å². The van der Waals surface area contributed by atoms with Crippen molar-refractivity contribution in [3.8, 4) is 0 Å². The third kappa shape index (κ3) is 3.71.